The second kappa shape index (κ2) is 4.85. The molecule has 0 saturated heterocycles. The Morgan fingerprint density at radius 3 is 2.75 bits per heavy atom. The zero-order valence-corrected chi connectivity index (χ0v) is 12.8. The first kappa shape index (κ1) is 14.1. The van der Waals surface area contributed by atoms with Gasteiger partial charge in [-0.1, -0.05) is 30.7 Å². The topological polar surface area (TPSA) is 60.2 Å². The van der Waals surface area contributed by atoms with Crippen LogP contribution in [0.15, 0.2) is 24.3 Å². The summed E-state index contributed by atoms with van der Waals surface area (Å²) in [7, 11) is -2.95. The van der Waals surface area contributed by atoms with Crippen LogP contribution in [0.4, 0.5) is 0 Å². The van der Waals surface area contributed by atoms with Gasteiger partial charge < -0.3 is 5.73 Å². The third-order valence-electron chi connectivity index (χ3n) is 5.29. The minimum atomic E-state index is -2.95. The van der Waals surface area contributed by atoms with Crippen molar-refractivity contribution in [1.82, 2.24) is 0 Å². The molecule has 3 atom stereocenters. The Morgan fingerprint density at radius 2 is 2.00 bits per heavy atom. The largest absolute Gasteiger partial charge is 0.321 e. The number of hydrogen-bond acceptors (Lipinski definition) is 3. The fourth-order valence-corrected chi connectivity index (χ4v) is 5.27. The molecule has 110 valence electrons. The van der Waals surface area contributed by atoms with Gasteiger partial charge in [0.25, 0.3) is 0 Å². The van der Waals surface area contributed by atoms with Crippen molar-refractivity contribution in [3.63, 3.8) is 0 Å². The van der Waals surface area contributed by atoms with Gasteiger partial charge in [0.05, 0.1) is 5.25 Å². The van der Waals surface area contributed by atoms with Crippen molar-refractivity contribution in [2.45, 2.75) is 49.3 Å². The van der Waals surface area contributed by atoms with E-state index < -0.39 is 9.84 Å². The first-order valence-electron chi connectivity index (χ1n) is 7.47. The maximum Gasteiger partial charge on any atom is 0.150 e. The molecule has 0 heterocycles. The maximum absolute atomic E-state index is 11.9. The molecular formula is C16H23NO2S. The Kier molecular flexibility index (Phi) is 3.41. The molecule has 0 aromatic heterocycles. The zero-order valence-electron chi connectivity index (χ0n) is 12.0. The lowest BCUT2D eigenvalue weighted by atomic mass is 9.72. The molecule has 2 aliphatic rings. The van der Waals surface area contributed by atoms with Crippen LogP contribution in [0.5, 0.6) is 0 Å². The van der Waals surface area contributed by atoms with Crippen LogP contribution in [0.1, 0.15) is 43.2 Å². The lowest BCUT2D eigenvalue weighted by Crippen LogP contribution is -2.46. The lowest BCUT2D eigenvalue weighted by Gasteiger charge is -2.40. The van der Waals surface area contributed by atoms with E-state index in [1.165, 1.54) is 17.4 Å². The Bertz CT molecular complexity index is 611. The van der Waals surface area contributed by atoms with Crippen LogP contribution in [0.3, 0.4) is 0 Å². The van der Waals surface area contributed by atoms with E-state index >= 15 is 0 Å². The van der Waals surface area contributed by atoms with Gasteiger partial charge in [0.15, 0.2) is 0 Å². The third-order valence-corrected chi connectivity index (χ3v) is 6.93. The molecular weight excluding hydrogens is 270 g/mol. The number of nitrogens with two attached hydrogens (primary N) is 1. The van der Waals surface area contributed by atoms with E-state index in [9.17, 15) is 8.42 Å². The number of benzene rings is 1. The summed E-state index contributed by atoms with van der Waals surface area (Å²) in [5.41, 5.74) is 9.03. The molecule has 0 aliphatic heterocycles. The van der Waals surface area contributed by atoms with Crippen LogP contribution in [0.25, 0.3) is 0 Å². The van der Waals surface area contributed by atoms with Crippen LogP contribution in [0, 0.1) is 5.92 Å². The lowest BCUT2D eigenvalue weighted by molar-refractivity contribution is 0.207. The summed E-state index contributed by atoms with van der Waals surface area (Å²) < 4.78 is 23.7. The molecule has 2 N–H and O–H groups in total. The fraction of sp³-hybridized carbons (Fsp3) is 0.625. The molecule has 3 unspecified atom stereocenters. The van der Waals surface area contributed by atoms with Crippen molar-refractivity contribution in [2.75, 3.05) is 6.26 Å². The second-order valence-corrected chi connectivity index (χ2v) is 8.84. The van der Waals surface area contributed by atoms with Gasteiger partial charge in [0.1, 0.15) is 9.84 Å². The normalized spacial score (nSPS) is 33.9. The number of rotatable bonds is 2. The zero-order chi connectivity index (χ0) is 14.4. The van der Waals surface area contributed by atoms with E-state index in [1.807, 2.05) is 6.07 Å². The highest BCUT2D eigenvalue weighted by atomic mass is 32.2. The third kappa shape index (κ3) is 2.29. The predicted molar refractivity (Wildman–Crippen MR) is 81.2 cm³/mol. The van der Waals surface area contributed by atoms with Crippen LogP contribution in [-0.4, -0.2) is 19.9 Å². The molecule has 1 fully saturated rings. The molecule has 0 bridgehead atoms. The molecule has 3 rings (SSSR count). The summed E-state index contributed by atoms with van der Waals surface area (Å²) in [6.07, 6.45) is 6.89. The van der Waals surface area contributed by atoms with Crippen molar-refractivity contribution < 1.29 is 8.42 Å². The highest BCUT2D eigenvalue weighted by Gasteiger charge is 2.44. The van der Waals surface area contributed by atoms with E-state index in [4.69, 9.17) is 5.73 Å². The average molecular weight is 293 g/mol. The summed E-state index contributed by atoms with van der Waals surface area (Å²) in [4.78, 5) is 0. The second-order valence-electron chi connectivity index (χ2n) is 6.51. The Labute approximate surface area is 121 Å². The molecule has 20 heavy (non-hydrogen) atoms. The molecule has 0 amide bonds. The fourth-order valence-electron chi connectivity index (χ4n) is 4.09. The van der Waals surface area contributed by atoms with E-state index in [0.29, 0.717) is 5.92 Å². The highest BCUT2D eigenvalue weighted by Crippen LogP contribution is 2.46. The molecule has 3 nitrogen and oxygen atoms in total. The summed E-state index contributed by atoms with van der Waals surface area (Å²) in [5.74, 6) is 0.291. The van der Waals surface area contributed by atoms with Crippen molar-refractivity contribution in [3.8, 4) is 0 Å². The molecule has 0 radical (unpaired) electrons. The van der Waals surface area contributed by atoms with Gasteiger partial charge >= 0.3 is 0 Å². The summed E-state index contributed by atoms with van der Waals surface area (Å²) in [6.45, 7) is 0. The number of aryl methyl sites for hydroxylation is 1. The monoisotopic (exact) mass is 293 g/mol. The van der Waals surface area contributed by atoms with Gasteiger partial charge in [0.2, 0.25) is 0 Å². The van der Waals surface area contributed by atoms with E-state index in [2.05, 4.69) is 18.2 Å². The van der Waals surface area contributed by atoms with Gasteiger partial charge in [-0.05, 0) is 49.1 Å². The quantitative estimate of drug-likeness (QED) is 0.911. The number of hydrogen-bond donors (Lipinski definition) is 1. The minimum absolute atomic E-state index is 0.200. The van der Waals surface area contributed by atoms with Crippen molar-refractivity contribution >= 4 is 9.84 Å². The first-order valence-corrected chi connectivity index (χ1v) is 9.43. The van der Waals surface area contributed by atoms with Gasteiger partial charge in [-0.3, -0.25) is 0 Å². The standard InChI is InChI=1S/C16H23NO2S/c1-20(18,19)14-7-4-6-13(11-14)16(17)10-9-12-5-2-3-8-15(12)16/h2-3,5,8,13-14H,4,6-7,9-11,17H2,1H3. The average Bonchev–Trinajstić information content (AvgIpc) is 2.78. The SMILES string of the molecule is CS(=O)(=O)C1CCCC(C2(N)CCc3ccccc32)C1. The van der Waals surface area contributed by atoms with E-state index in [0.717, 1.165) is 38.5 Å². The highest BCUT2D eigenvalue weighted by molar-refractivity contribution is 7.91. The molecule has 1 aromatic rings. The van der Waals surface area contributed by atoms with Gasteiger partial charge in [-0.15, -0.1) is 0 Å². The number of sulfone groups is 1. The Balaban J connectivity index is 1.90. The van der Waals surface area contributed by atoms with Crippen LogP contribution >= 0.6 is 0 Å². The Morgan fingerprint density at radius 1 is 1.25 bits per heavy atom. The van der Waals surface area contributed by atoms with Crippen LogP contribution in [-0.2, 0) is 21.8 Å². The maximum atomic E-state index is 11.9. The Hall–Kier alpha value is -0.870. The molecule has 0 spiro atoms. The van der Waals surface area contributed by atoms with Gasteiger partial charge in [-0.25, -0.2) is 8.42 Å². The van der Waals surface area contributed by atoms with Crippen LogP contribution < -0.4 is 5.73 Å². The summed E-state index contributed by atoms with van der Waals surface area (Å²) in [5, 5.41) is -0.200. The summed E-state index contributed by atoms with van der Waals surface area (Å²) >= 11 is 0. The molecule has 1 saturated carbocycles. The van der Waals surface area contributed by atoms with Crippen molar-refractivity contribution in [3.05, 3.63) is 35.4 Å². The molecule has 1 aromatic carbocycles. The minimum Gasteiger partial charge on any atom is -0.321 e. The van der Waals surface area contributed by atoms with E-state index in [-0.39, 0.29) is 10.8 Å². The number of fused-ring (bicyclic) bond motifs is 1. The molecule has 2 aliphatic carbocycles. The van der Waals surface area contributed by atoms with Crippen LogP contribution in [0.2, 0.25) is 0 Å². The van der Waals surface area contributed by atoms with E-state index in [1.54, 1.807) is 0 Å². The smallest absolute Gasteiger partial charge is 0.150 e. The predicted octanol–water partition coefficient (Wildman–Crippen LogP) is 2.39. The summed E-state index contributed by atoms with van der Waals surface area (Å²) in [6, 6.07) is 8.39. The molecule has 4 heteroatoms. The van der Waals surface area contributed by atoms with Gasteiger partial charge in [-0.2, -0.15) is 0 Å². The first-order chi connectivity index (χ1) is 9.41. The van der Waals surface area contributed by atoms with Crippen molar-refractivity contribution in [1.29, 1.82) is 0 Å². The van der Waals surface area contributed by atoms with Crippen molar-refractivity contribution in [2.24, 2.45) is 11.7 Å². The van der Waals surface area contributed by atoms with Gasteiger partial charge in [0, 0.05) is 11.8 Å².